The molecule has 0 saturated heterocycles. The Morgan fingerprint density at radius 1 is 1.17 bits per heavy atom. The predicted molar refractivity (Wildman–Crippen MR) is 108 cm³/mol. The predicted octanol–water partition coefficient (Wildman–Crippen LogP) is 5.54. The van der Waals surface area contributed by atoms with Gasteiger partial charge in [-0.25, -0.2) is 4.98 Å². The minimum Gasteiger partial charge on any atom is -0.345 e. The van der Waals surface area contributed by atoms with Crippen LogP contribution in [0.2, 0.25) is 0 Å². The summed E-state index contributed by atoms with van der Waals surface area (Å²) in [4.78, 5) is 20.8. The van der Waals surface area contributed by atoms with Gasteiger partial charge < -0.3 is 5.32 Å². The van der Waals surface area contributed by atoms with E-state index in [0.717, 1.165) is 25.7 Å². The van der Waals surface area contributed by atoms with Gasteiger partial charge in [-0.15, -0.1) is 0 Å². The molecule has 2 heterocycles. The van der Waals surface area contributed by atoms with E-state index in [1.54, 1.807) is 37.4 Å². The number of nitrogens with one attached hydrogen (secondary N) is 1. The van der Waals surface area contributed by atoms with Crippen LogP contribution in [0.1, 0.15) is 64.5 Å². The van der Waals surface area contributed by atoms with Crippen molar-refractivity contribution in [2.45, 2.75) is 51.2 Å². The van der Waals surface area contributed by atoms with Gasteiger partial charge in [-0.05, 0) is 67.1 Å². The number of aromatic nitrogens is 2. The lowest BCUT2D eigenvalue weighted by Crippen LogP contribution is -2.24. The van der Waals surface area contributed by atoms with Gasteiger partial charge in [0.25, 0.3) is 5.91 Å². The average molecular weight is 413 g/mol. The molecule has 1 fully saturated rings. The number of hydrogen-bond acceptors (Lipinski definition) is 3. The van der Waals surface area contributed by atoms with Crippen molar-refractivity contribution in [1.29, 1.82) is 0 Å². The van der Waals surface area contributed by atoms with Crippen LogP contribution in [0.15, 0.2) is 42.6 Å². The molecule has 1 aliphatic rings. The van der Waals surface area contributed by atoms with Gasteiger partial charge in [0, 0.05) is 11.6 Å². The standard InChI is InChI=1S/C23H22F3N3O/c1-14-10-20(22(30)28-13-17-8-4-5-9-27-17)29-21-18(14)11-16(15-6-2-3-7-15)12-19(21)23(24,25)26/h4-5,8-12,15H,2-3,6-7,13H2,1H3,(H,28,30). The maximum Gasteiger partial charge on any atom is 0.418 e. The first-order chi connectivity index (χ1) is 14.3. The summed E-state index contributed by atoms with van der Waals surface area (Å²) in [6.07, 6.45) is 0.951. The summed E-state index contributed by atoms with van der Waals surface area (Å²) < 4.78 is 41.6. The maximum absolute atomic E-state index is 13.9. The Morgan fingerprint density at radius 2 is 1.93 bits per heavy atom. The number of carbonyl (C=O) groups excluding carboxylic acids is 1. The third kappa shape index (κ3) is 4.15. The van der Waals surface area contributed by atoms with E-state index in [4.69, 9.17) is 0 Å². The van der Waals surface area contributed by atoms with E-state index in [1.165, 1.54) is 6.07 Å². The fraction of sp³-hybridized carbons (Fsp3) is 0.348. The summed E-state index contributed by atoms with van der Waals surface area (Å²) >= 11 is 0. The number of aryl methyl sites for hydroxylation is 1. The number of carbonyl (C=O) groups is 1. The van der Waals surface area contributed by atoms with Crippen LogP contribution in [0, 0.1) is 6.92 Å². The monoisotopic (exact) mass is 413 g/mol. The Kier molecular flexibility index (Phi) is 5.45. The Morgan fingerprint density at radius 3 is 2.60 bits per heavy atom. The summed E-state index contributed by atoms with van der Waals surface area (Å²) in [5, 5.41) is 3.13. The summed E-state index contributed by atoms with van der Waals surface area (Å²) in [6.45, 7) is 1.89. The summed E-state index contributed by atoms with van der Waals surface area (Å²) in [5.74, 6) is -0.380. The van der Waals surface area contributed by atoms with Crippen molar-refractivity contribution < 1.29 is 18.0 Å². The normalized spacial score (nSPS) is 14.9. The van der Waals surface area contributed by atoms with Crippen molar-refractivity contribution >= 4 is 16.8 Å². The van der Waals surface area contributed by atoms with Gasteiger partial charge in [0.15, 0.2) is 0 Å². The Hall–Kier alpha value is -2.96. The molecule has 156 valence electrons. The zero-order chi connectivity index (χ0) is 21.3. The van der Waals surface area contributed by atoms with Crippen LogP contribution in [0.3, 0.4) is 0 Å². The molecule has 0 spiro atoms. The lowest BCUT2D eigenvalue weighted by molar-refractivity contribution is -0.136. The summed E-state index contributed by atoms with van der Waals surface area (Å²) in [6, 6.07) is 9.90. The number of nitrogens with zero attached hydrogens (tertiary/aromatic N) is 2. The molecule has 4 rings (SSSR count). The van der Waals surface area contributed by atoms with E-state index in [-0.39, 0.29) is 23.7 Å². The van der Waals surface area contributed by atoms with Crippen LogP contribution in [-0.2, 0) is 12.7 Å². The number of benzene rings is 1. The van der Waals surface area contributed by atoms with Crippen LogP contribution in [0.4, 0.5) is 13.2 Å². The van der Waals surface area contributed by atoms with E-state index < -0.39 is 17.6 Å². The summed E-state index contributed by atoms with van der Waals surface area (Å²) in [7, 11) is 0. The first-order valence-corrected chi connectivity index (χ1v) is 10.0. The second kappa shape index (κ2) is 8.05. The van der Waals surface area contributed by atoms with E-state index >= 15 is 0 Å². The van der Waals surface area contributed by atoms with Crippen LogP contribution in [0.5, 0.6) is 0 Å². The van der Waals surface area contributed by atoms with Gasteiger partial charge >= 0.3 is 6.18 Å². The second-order valence-corrected chi connectivity index (χ2v) is 7.77. The van der Waals surface area contributed by atoms with Gasteiger partial charge in [0.1, 0.15) is 5.69 Å². The number of fused-ring (bicyclic) bond motifs is 1. The fourth-order valence-electron chi connectivity index (χ4n) is 4.10. The third-order valence-electron chi connectivity index (χ3n) is 5.66. The molecule has 2 aromatic heterocycles. The molecular formula is C23H22F3N3O. The van der Waals surface area contributed by atoms with Crippen molar-refractivity contribution in [3.8, 4) is 0 Å². The first kappa shape index (κ1) is 20.3. The Labute approximate surface area is 172 Å². The van der Waals surface area contributed by atoms with Gasteiger partial charge in [-0.3, -0.25) is 9.78 Å². The lowest BCUT2D eigenvalue weighted by atomic mass is 9.92. The van der Waals surface area contributed by atoms with Crippen molar-refractivity contribution in [2.75, 3.05) is 0 Å². The molecule has 0 bridgehead atoms. The SMILES string of the molecule is Cc1cc(C(=O)NCc2ccccn2)nc2c(C(F)(F)F)cc(C3CCCC3)cc12. The molecule has 1 aromatic carbocycles. The van der Waals surface area contributed by atoms with Gasteiger partial charge in [-0.2, -0.15) is 13.2 Å². The number of pyridine rings is 2. The van der Waals surface area contributed by atoms with Crippen molar-refractivity contribution in [2.24, 2.45) is 0 Å². The quantitative estimate of drug-likeness (QED) is 0.611. The zero-order valence-electron chi connectivity index (χ0n) is 16.6. The molecule has 0 radical (unpaired) electrons. The fourth-order valence-corrected chi connectivity index (χ4v) is 4.10. The van der Waals surface area contributed by atoms with Crippen molar-refractivity contribution in [1.82, 2.24) is 15.3 Å². The number of amides is 1. The van der Waals surface area contributed by atoms with Crippen LogP contribution >= 0.6 is 0 Å². The van der Waals surface area contributed by atoms with Crippen LogP contribution in [-0.4, -0.2) is 15.9 Å². The van der Waals surface area contributed by atoms with Gasteiger partial charge in [0.05, 0.1) is 23.3 Å². The maximum atomic E-state index is 13.9. The number of hydrogen-bond donors (Lipinski definition) is 1. The highest BCUT2D eigenvalue weighted by Gasteiger charge is 2.35. The average Bonchev–Trinajstić information content (AvgIpc) is 3.26. The number of rotatable bonds is 4. The lowest BCUT2D eigenvalue weighted by Gasteiger charge is -2.17. The molecule has 4 nitrogen and oxygen atoms in total. The smallest absolute Gasteiger partial charge is 0.345 e. The van der Waals surface area contributed by atoms with Crippen LogP contribution in [0.25, 0.3) is 10.9 Å². The van der Waals surface area contributed by atoms with E-state index in [2.05, 4.69) is 15.3 Å². The number of halogens is 3. The largest absolute Gasteiger partial charge is 0.418 e. The highest BCUT2D eigenvalue weighted by Crippen LogP contribution is 2.41. The minimum atomic E-state index is -4.55. The first-order valence-electron chi connectivity index (χ1n) is 10.0. The van der Waals surface area contributed by atoms with Gasteiger partial charge in [0.2, 0.25) is 0 Å². The Bertz CT molecular complexity index is 1070. The van der Waals surface area contributed by atoms with Crippen molar-refractivity contribution in [3.63, 3.8) is 0 Å². The second-order valence-electron chi connectivity index (χ2n) is 7.77. The Balaban J connectivity index is 1.72. The van der Waals surface area contributed by atoms with Crippen LogP contribution < -0.4 is 5.32 Å². The molecule has 1 amide bonds. The molecule has 0 unspecified atom stereocenters. The van der Waals surface area contributed by atoms with E-state index in [9.17, 15) is 18.0 Å². The highest BCUT2D eigenvalue weighted by molar-refractivity contribution is 5.96. The topological polar surface area (TPSA) is 54.9 Å². The molecule has 7 heteroatoms. The molecular weight excluding hydrogens is 391 g/mol. The molecule has 0 atom stereocenters. The molecule has 3 aromatic rings. The highest BCUT2D eigenvalue weighted by atomic mass is 19.4. The molecule has 1 aliphatic carbocycles. The third-order valence-corrected chi connectivity index (χ3v) is 5.66. The zero-order valence-corrected chi connectivity index (χ0v) is 16.6. The minimum absolute atomic E-state index is 0.0324. The molecule has 0 aliphatic heterocycles. The molecule has 30 heavy (non-hydrogen) atoms. The van der Waals surface area contributed by atoms with Gasteiger partial charge in [-0.1, -0.05) is 18.9 Å². The van der Waals surface area contributed by atoms with E-state index in [1.807, 2.05) is 6.07 Å². The summed E-state index contributed by atoms with van der Waals surface area (Å²) in [5.41, 5.74) is 0.991. The van der Waals surface area contributed by atoms with Crippen molar-refractivity contribution in [3.05, 3.63) is 70.7 Å². The number of alkyl halides is 3. The molecule has 1 N–H and O–H groups in total. The van der Waals surface area contributed by atoms with E-state index in [0.29, 0.717) is 22.2 Å². The molecule has 1 saturated carbocycles.